The monoisotopic (exact) mass is 329 g/mol. The van der Waals surface area contributed by atoms with Gasteiger partial charge in [0, 0.05) is 42.0 Å². The Hall–Kier alpha value is -2.21. The lowest BCUT2D eigenvalue weighted by atomic mass is 10.3. The summed E-state index contributed by atoms with van der Waals surface area (Å²) in [7, 11) is 0. The highest BCUT2D eigenvalue weighted by molar-refractivity contribution is 9.10. The molecule has 0 spiro atoms. The molecule has 3 heterocycles. The molecule has 1 N–H and O–H groups in total. The second-order valence-electron chi connectivity index (χ2n) is 4.19. The highest BCUT2D eigenvalue weighted by Crippen LogP contribution is 2.17. The first-order chi connectivity index (χ1) is 9.83. The number of halogens is 1. The normalized spacial score (nSPS) is 10.4. The average molecular weight is 330 g/mol. The summed E-state index contributed by atoms with van der Waals surface area (Å²) in [5, 5.41) is 7.57. The first kappa shape index (κ1) is 12.8. The van der Waals surface area contributed by atoms with Gasteiger partial charge in [-0.1, -0.05) is 0 Å². The molecule has 6 heteroatoms. The summed E-state index contributed by atoms with van der Waals surface area (Å²) >= 11 is 3.42. The Kier molecular flexibility index (Phi) is 3.73. The fraction of sp³-hybridized carbons (Fsp3) is 0.0714. The van der Waals surface area contributed by atoms with Gasteiger partial charge in [-0.25, -0.2) is 9.67 Å². The van der Waals surface area contributed by atoms with E-state index in [1.165, 1.54) is 0 Å². The van der Waals surface area contributed by atoms with E-state index in [2.05, 4.69) is 36.3 Å². The minimum atomic E-state index is 0.673. The van der Waals surface area contributed by atoms with Crippen molar-refractivity contribution in [1.82, 2.24) is 19.7 Å². The molecule has 0 bridgehead atoms. The van der Waals surface area contributed by atoms with Crippen LogP contribution in [-0.2, 0) is 6.54 Å². The Morgan fingerprint density at radius 3 is 2.95 bits per heavy atom. The smallest absolute Gasteiger partial charge is 0.176 e. The Bertz CT molecular complexity index is 696. The van der Waals surface area contributed by atoms with Crippen molar-refractivity contribution in [2.45, 2.75) is 6.54 Å². The highest BCUT2D eigenvalue weighted by atomic mass is 79.9. The maximum atomic E-state index is 4.36. The Balaban J connectivity index is 1.81. The summed E-state index contributed by atoms with van der Waals surface area (Å²) < 4.78 is 2.71. The van der Waals surface area contributed by atoms with Crippen molar-refractivity contribution in [2.24, 2.45) is 0 Å². The zero-order chi connectivity index (χ0) is 13.8. The number of pyridine rings is 2. The van der Waals surface area contributed by atoms with Crippen LogP contribution in [0.3, 0.4) is 0 Å². The number of rotatable bonds is 4. The molecule has 3 aromatic rings. The van der Waals surface area contributed by atoms with Crippen LogP contribution in [0.25, 0.3) is 5.82 Å². The van der Waals surface area contributed by atoms with Crippen LogP contribution in [0.15, 0.2) is 59.7 Å². The van der Waals surface area contributed by atoms with Gasteiger partial charge in [-0.15, -0.1) is 0 Å². The molecule has 3 aromatic heterocycles. The Morgan fingerprint density at radius 1 is 1.20 bits per heavy atom. The van der Waals surface area contributed by atoms with Crippen molar-refractivity contribution < 1.29 is 0 Å². The van der Waals surface area contributed by atoms with E-state index >= 15 is 0 Å². The summed E-state index contributed by atoms with van der Waals surface area (Å²) in [5.41, 5.74) is 2.02. The van der Waals surface area contributed by atoms with Gasteiger partial charge >= 0.3 is 0 Å². The molecule has 0 aliphatic heterocycles. The Morgan fingerprint density at radius 2 is 2.15 bits per heavy atom. The number of aromatic nitrogens is 4. The van der Waals surface area contributed by atoms with E-state index in [1.807, 2.05) is 36.7 Å². The summed E-state index contributed by atoms with van der Waals surface area (Å²) in [5.74, 6) is 0.778. The summed E-state index contributed by atoms with van der Waals surface area (Å²) in [6.45, 7) is 0.673. The van der Waals surface area contributed by atoms with E-state index in [1.54, 1.807) is 23.3 Å². The van der Waals surface area contributed by atoms with E-state index in [-0.39, 0.29) is 0 Å². The van der Waals surface area contributed by atoms with Gasteiger partial charge in [0.15, 0.2) is 5.82 Å². The molecule has 0 saturated carbocycles. The molecule has 0 fully saturated rings. The topological polar surface area (TPSA) is 55.6 Å². The SMILES string of the molecule is Brc1cncc(CNc2cccnc2-n2cccn2)c1. The first-order valence-electron chi connectivity index (χ1n) is 6.11. The molecule has 100 valence electrons. The third-order valence-electron chi connectivity index (χ3n) is 2.75. The van der Waals surface area contributed by atoms with Crippen LogP contribution in [0, 0.1) is 0 Å². The molecule has 0 unspecified atom stereocenters. The molecule has 0 radical (unpaired) electrons. The van der Waals surface area contributed by atoms with Crippen molar-refractivity contribution in [3.8, 4) is 5.82 Å². The van der Waals surface area contributed by atoms with Gasteiger partial charge in [-0.2, -0.15) is 5.10 Å². The number of nitrogens with zero attached hydrogens (tertiary/aromatic N) is 4. The van der Waals surface area contributed by atoms with Gasteiger partial charge in [-0.05, 0) is 45.8 Å². The van der Waals surface area contributed by atoms with Crippen LogP contribution in [0.1, 0.15) is 5.56 Å². The van der Waals surface area contributed by atoms with E-state index in [4.69, 9.17) is 0 Å². The molecule has 0 amide bonds. The van der Waals surface area contributed by atoms with Crippen LogP contribution in [0.4, 0.5) is 5.69 Å². The van der Waals surface area contributed by atoms with Gasteiger partial charge in [0.2, 0.25) is 0 Å². The van der Waals surface area contributed by atoms with Crippen molar-refractivity contribution >= 4 is 21.6 Å². The van der Waals surface area contributed by atoms with Crippen LogP contribution in [0.2, 0.25) is 0 Å². The zero-order valence-electron chi connectivity index (χ0n) is 10.6. The van der Waals surface area contributed by atoms with Gasteiger partial charge in [0.1, 0.15) is 0 Å². The first-order valence-corrected chi connectivity index (χ1v) is 6.90. The van der Waals surface area contributed by atoms with Gasteiger partial charge in [0.25, 0.3) is 0 Å². The van der Waals surface area contributed by atoms with Gasteiger partial charge in [0.05, 0.1) is 5.69 Å². The fourth-order valence-electron chi connectivity index (χ4n) is 1.86. The molecule has 20 heavy (non-hydrogen) atoms. The van der Waals surface area contributed by atoms with E-state index < -0.39 is 0 Å². The van der Waals surface area contributed by atoms with E-state index in [0.29, 0.717) is 6.54 Å². The highest BCUT2D eigenvalue weighted by Gasteiger charge is 2.05. The standard InChI is InChI=1S/C14H12BrN5/c15-12-7-11(8-16-10-12)9-18-13-3-1-4-17-14(13)20-6-2-5-19-20/h1-8,10,18H,9H2. The second kappa shape index (κ2) is 5.83. The van der Waals surface area contributed by atoms with Gasteiger partial charge in [-0.3, -0.25) is 4.98 Å². The van der Waals surface area contributed by atoms with Crippen LogP contribution >= 0.6 is 15.9 Å². The van der Waals surface area contributed by atoms with Crippen molar-refractivity contribution in [3.63, 3.8) is 0 Å². The average Bonchev–Trinajstić information content (AvgIpc) is 3.00. The maximum absolute atomic E-state index is 4.36. The molecule has 3 rings (SSSR count). The second-order valence-corrected chi connectivity index (χ2v) is 5.11. The van der Waals surface area contributed by atoms with Crippen LogP contribution < -0.4 is 5.32 Å². The predicted octanol–water partition coefficient (Wildman–Crippen LogP) is 3.04. The molecule has 5 nitrogen and oxygen atoms in total. The van der Waals surface area contributed by atoms with Crippen molar-refractivity contribution in [2.75, 3.05) is 5.32 Å². The molecule has 0 saturated heterocycles. The van der Waals surface area contributed by atoms with Crippen LogP contribution in [-0.4, -0.2) is 19.7 Å². The molecule has 0 atom stereocenters. The molecule has 0 aliphatic rings. The predicted molar refractivity (Wildman–Crippen MR) is 80.6 cm³/mol. The molecule has 0 aromatic carbocycles. The summed E-state index contributed by atoms with van der Waals surface area (Å²) in [6.07, 6.45) is 8.96. The van der Waals surface area contributed by atoms with E-state index in [0.717, 1.165) is 21.5 Å². The molecular formula is C14H12BrN5. The van der Waals surface area contributed by atoms with Crippen LogP contribution in [0.5, 0.6) is 0 Å². The minimum Gasteiger partial charge on any atom is -0.378 e. The minimum absolute atomic E-state index is 0.673. The quantitative estimate of drug-likeness (QED) is 0.799. The fourth-order valence-corrected chi connectivity index (χ4v) is 2.27. The lowest BCUT2D eigenvalue weighted by molar-refractivity contribution is 0.846. The lowest BCUT2D eigenvalue weighted by Crippen LogP contribution is -2.06. The van der Waals surface area contributed by atoms with Crippen molar-refractivity contribution in [1.29, 1.82) is 0 Å². The number of nitrogens with one attached hydrogen (secondary N) is 1. The third-order valence-corrected chi connectivity index (χ3v) is 3.19. The Labute approximate surface area is 124 Å². The van der Waals surface area contributed by atoms with Gasteiger partial charge < -0.3 is 5.32 Å². The largest absolute Gasteiger partial charge is 0.378 e. The molecule has 0 aliphatic carbocycles. The third kappa shape index (κ3) is 2.85. The number of hydrogen-bond donors (Lipinski definition) is 1. The summed E-state index contributed by atoms with van der Waals surface area (Å²) in [4.78, 5) is 8.51. The van der Waals surface area contributed by atoms with E-state index in [9.17, 15) is 0 Å². The lowest BCUT2D eigenvalue weighted by Gasteiger charge is -2.10. The number of anilines is 1. The zero-order valence-corrected chi connectivity index (χ0v) is 12.2. The summed E-state index contributed by atoms with van der Waals surface area (Å²) in [6, 6.07) is 7.78. The maximum Gasteiger partial charge on any atom is 0.176 e. The molecular weight excluding hydrogens is 318 g/mol. The van der Waals surface area contributed by atoms with Crippen molar-refractivity contribution in [3.05, 3.63) is 65.3 Å². The number of hydrogen-bond acceptors (Lipinski definition) is 4.